The summed E-state index contributed by atoms with van der Waals surface area (Å²) in [7, 11) is 1.24. The molecule has 1 aromatic carbocycles. The quantitative estimate of drug-likeness (QED) is 0.715. The third-order valence-corrected chi connectivity index (χ3v) is 2.31. The van der Waals surface area contributed by atoms with Crippen molar-refractivity contribution in [2.75, 3.05) is 7.11 Å². The van der Waals surface area contributed by atoms with E-state index in [1.165, 1.54) is 14.0 Å². The molecule has 2 atom stereocenters. The summed E-state index contributed by atoms with van der Waals surface area (Å²) in [6.07, 6.45) is -1.08. The molecule has 0 aliphatic heterocycles. The van der Waals surface area contributed by atoms with Crippen LogP contribution in [0.15, 0.2) is 30.3 Å². The predicted octanol–water partition coefficient (Wildman–Crippen LogP) is 0.610. The van der Waals surface area contributed by atoms with Crippen LogP contribution in [0.25, 0.3) is 0 Å². The molecule has 3 N–H and O–H groups in total. The van der Waals surface area contributed by atoms with Gasteiger partial charge in [0.25, 0.3) is 0 Å². The number of aliphatic hydroxyl groups excluding tert-OH is 1. The van der Waals surface area contributed by atoms with E-state index >= 15 is 0 Å². The number of hydrogen-bond acceptors (Lipinski definition) is 4. The third-order valence-electron chi connectivity index (χ3n) is 2.31. The lowest BCUT2D eigenvalue weighted by Gasteiger charge is -2.27. The van der Waals surface area contributed by atoms with Gasteiger partial charge in [-0.05, 0) is 12.5 Å². The fourth-order valence-corrected chi connectivity index (χ4v) is 1.31. The highest BCUT2D eigenvalue weighted by Gasteiger charge is 2.38. The number of rotatable bonds is 3. The van der Waals surface area contributed by atoms with Crippen LogP contribution in [0.2, 0.25) is 0 Å². The highest BCUT2D eigenvalue weighted by Crippen LogP contribution is 2.24. The van der Waals surface area contributed by atoms with Gasteiger partial charge in [-0.15, -0.1) is 0 Å². The van der Waals surface area contributed by atoms with Gasteiger partial charge in [0.15, 0.2) is 0 Å². The maximum atomic E-state index is 11.3. The van der Waals surface area contributed by atoms with E-state index in [0.717, 1.165) is 0 Å². The minimum atomic E-state index is -1.43. The lowest BCUT2D eigenvalue weighted by Crippen LogP contribution is -2.50. The summed E-state index contributed by atoms with van der Waals surface area (Å²) < 4.78 is 4.53. The summed E-state index contributed by atoms with van der Waals surface area (Å²) in [6.45, 7) is 1.44. The summed E-state index contributed by atoms with van der Waals surface area (Å²) in [5.41, 5.74) is 4.88. The van der Waals surface area contributed by atoms with Crippen molar-refractivity contribution in [1.29, 1.82) is 0 Å². The van der Waals surface area contributed by atoms with Crippen molar-refractivity contribution in [2.45, 2.75) is 18.6 Å². The molecule has 0 spiro atoms. The standard InChI is InChI=1S/C11H15NO3/c1-11(12,10(14)15-2)9(13)8-6-4-3-5-7-8/h3-7,9,13H,12H2,1-2H3/t9-,11-/m1/s1. The molecule has 82 valence electrons. The second-order valence-corrected chi connectivity index (χ2v) is 3.59. The average molecular weight is 209 g/mol. The summed E-state index contributed by atoms with van der Waals surface area (Å²) in [6, 6.07) is 8.78. The molecule has 15 heavy (non-hydrogen) atoms. The van der Waals surface area contributed by atoms with Crippen LogP contribution in [0.4, 0.5) is 0 Å². The van der Waals surface area contributed by atoms with Gasteiger partial charge in [-0.2, -0.15) is 0 Å². The first-order valence-electron chi connectivity index (χ1n) is 4.60. The third kappa shape index (κ3) is 2.34. The minimum absolute atomic E-state index is 0.591. The number of carbonyl (C=O) groups excluding carboxylic acids is 1. The fraction of sp³-hybridized carbons (Fsp3) is 0.364. The average Bonchev–Trinajstić information content (AvgIpc) is 2.28. The Labute approximate surface area is 88.7 Å². The Hall–Kier alpha value is -1.39. The molecule has 0 amide bonds. The Morgan fingerprint density at radius 2 is 2.00 bits per heavy atom. The van der Waals surface area contributed by atoms with Gasteiger partial charge in [0.2, 0.25) is 0 Å². The van der Waals surface area contributed by atoms with Crippen LogP contribution in [0, 0.1) is 0 Å². The van der Waals surface area contributed by atoms with Gasteiger partial charge in [-0.25, -0.2) is 4.79 Å². The van der Waals surface area contributed by atoms with E-state index in [2.05, 4.69) is 4.74 Å². The topological polar surface area (TPSA) is 72.5 Å². The number of carbonyl (C=O) groups is 1. The van der Waals surface area contributed by atoms with E-state index in [0.29, 0.717) is 5.56 Å². The van der Waals surface area contributed by atoms with Crippen LogP contribution >= 0.6 is 0 Å². The minimum Gasteiger partial charge on any atom is -0.468 e. The van der Waals surface area contributed by atoms with Crippen molar-refractivity contribution < 1.29 is 14.6 Å². The monoisotopic (exact) mass is 209 g/mol. The number of benzene rings is 1. The Kier molecular flexibility index (Phi) is 3.44. The summed E-state index contributed by atoms with van der Waals surface area (Å²) in [5, 5.41) is 9.92. The van der Waals surface area contributed by atoms with E-state index in [1.54, 1.807) is 24.3 Å². The van der Waals surface area contributed by atoms with Crippen LogP contribution in [0.3, 0.4) is 0 Å². The van der Waals surface area contributed by atoms with E-state index < -0.39 is 17.6 Å². The predicted molar refractivity (Wildman–Crippen MR) is 56.0 cm³/mol. The molecule has 0 saturated heterocycles. The number of aliphatic hydroxyl groups is 1. The zero-order valence-electron chi connectivity index (χ0n) is 8.81. The first-order valence-corrected chi connectivity index (χ1v) is 4.60. The molecule has 0 heterocycles. The van der Waals surface area contributed by atoms with Crippen molar-refractivity contribution >= 4 is 5.97 Å². The fourth-order valence-electron chi connectivity index (χ4n) is 1.31. The van der Waals surface area contributed by atoms with Gasteiger partial charge in [-0.3, -0.25) is 0 Å². The molecule has 0 saturated carbocycles. The van der Waals surface area contributed by atoms with Crippen LogP contribution in [-0.2, 0) is 9.53 Å². The largest absolute Gasteiger partial charge is 0.468 e. The van der Waals surface area contributed by atoms with Crippen molar-refractivity contribution in [3.63, 3.8) is 0 Å². The second kappa shape index (κ2) is 4.42. The van der Waals surface area contributed by atoms with E-state index in [4.69, 9.17) is 5.73 Å². The highest BCUT2D eigenvalue weighted by molar-refractivity contribution is 5.81. The number of ether oxygens (including phenoxy) is 1. The van der Waals surface area contributed by atoms with Gasteiger partial charge in [0.05, 0.1) is 7.11 Å². The molecule has 0 radical (unpaired) electrons. The first kappa shape index (κ1) is 11.7. The number of methoxy groups -OCH3 is 1. The number of esters is 1. The van der Waals surface area contributed by atoms with Gasteiger partial charge in [-0.1, -0.05) is 30.3 Å². The maximum absolute atomic E-state index is 11.3. The molecule has 0 fully saturated rings. The molecule has 0 aromatic heterocycles. The molecule has 0 aliphatic carbocycles. The molecule has 0 bridgehead atoms. The van der Waals surface area contributed by atoms with Crippen LogP contribution in [-0.4, -0.2) is 23.7 Å². The molecule has 0 unspecified atom stereocenters. The van der Waals surface area contributed by atoms with Crippen LogP contribution in [0.1, 0.15) is 18.6 Å². The summed E-state index contributed by atoms with van der Waals surface area (Å²) >= 11 is 0. The zero-order valence-corrected chi connectivity index (χ0v) is 8.81. The van der Waals surface area contributed by atoms with E-state index in [9.17, 15) is 9.90 Å². The molecule has 1 aromatic rings. The summed E-state index contributed by atoms with van der Waals surface area (Å²) in [4.78, 5) is 11.3. The van der Waals surface area contributed by atoms with E-state index in [1.807, 2.05) is 6.07 Å². The van der Waals surface area contributed by atoms with Gasteiger partial charge in [0.1, 0.15) is 11.6 Å². The number of hydrogen-bond donors (Lipinski definition) is 2. The normalized spacial score (nSPS) is 16.5. The summed E-state index contributed by atoms with van der Waals surface area (Å²) in [5.74, 6) is -0.640. The van der Waals surface area contributed by atoms with Crippen molar-refractivity contribution in [2.24, 2.45) is 5.73 Å². The molecule has 4 nitrogen and oxygen atoms in total. The molecule has 0 aliphatic rings. The first-order chi connectivity index (χ1) is 7.00. The highest BCUT2D eigenvalue weighted by atomic mass is 16.5. The van der Waals surface area contributed by atoms with Gasteiger partial charge >= 0.3 is 5.97 Å². The zero-order chi connectivity index (χ0) is 11.5. The Morgan fingerprint density at radius 1 is 1.47 bits per heavy atom. The lowest BCUT2D eigenvalue weighted by atomic mass is 9.90. The van der Waals surface area contributed by atoms with Crippen molar-refractivity contribution in [3.05, 3.63) is 35.9 Å². The lowest BCUT2D eigenvalue weighted by molar-refractivity contribution is -0.151. The van der Waals surface area contributed by atoms with Crippen LogP contribution in [0.5, 0.6) is 0 Å². The Morgan fingerprint density at radius 3 is 2.47 bits per heavy atom. The van der Waals surface area contributed by atoms with Crippen LogP contribution < -0.4 is 5.73 Å². The SMILES string of the molecule is COC(=O)[C@](C)(N)[C@H](O)c1ccccc1. The Bertz CT molecular complexity index is 335. The van der Waals surface area contributed by atoms with Crippen molar-refractivity contribution in [1.82, 2.24) is 0 Å². The Balaban J connectivity index is 2.94. The van der Waals surface area contributed by atoms with Gasteiger partial charge in [0, 0.05) is 0 Å². The maximum Gasteiger partial charge on any atom is 0.328 e. The second-order valence-electron chi connectivity index (χ2n) is 3.59. The number of nitrogens with two attached hydrogens (primary N) is 1. The molecule has 1 rings (SSSR count). The molecule has 4 heteroatoms. The van der Waals surface area contributed by atoms with Crippen molar-refractivity contribution in [3.8, 4) is 0 Å². The van der Waals surface area contributed by atoms with Gasteiger partial charge < -0.3 is 15.6 Å². The smallest absolute Gasteiger partial charge is 0.328 e. The van der Waals surface area contributed by atoms with E-state index in [-0.39, 0.29) is 0 Å². The molecular formula is C11H15NO3. The molecular weight excluding hydrogens is 194 g/mol.